The van der Waals surface area contributed by atoms with Crippen LogP contribution in [-0.4, -0.2) is 42.5 Å². The minimum absolute atomic E-state index is 0.00564. The Kier molecular flexibility index (Phi) is 6.06. The molecule has 0 spiro atoms. The molecule has 2 heterocycles. The van der Waals surface area contributed by atoms with Gasteiger partial charge >= 0.3 is 0 Å². The highest BCUT2D eigenvalue weighted by Crippen LogP contribution is 2.19. The smallest absolute Gasteiger partial charge is 0.255 e. The van der Waals surface area contributed by atoms with Crippen LogP contribution in [0.15, 0.2) is 35.0 Å². The van der Waals surface area contributed by atoms with Crippen molar-refractivity contribution in [3.8, 4) is 0 Å². The predicted molar refractivity (Wildman–Crippen MR) is 104 cm³/mol. The second kappa shape index (κ2) is 8.47. The van der Waals surface area contributed by atoms with Crippen LogP contribution in [0.4, 0.5) is 5.69 Å². The van der Waals surface area contributed by atoms with Gasteiger partial charge in [-0.15, -0.1) is 0 Å². The Morgan fingerprint density at radius 2 is 2.15 bits per heavy atom. The SMILES string of the molecule is Cc1cccc(NC(=O)CN(C[C@H]2CCCO2)C(=O)c2ccsc2)c1C. The first-order valence-corrected chi connectivity index (χ1v) is 9.78. The highest BCUT2D eigenvalue weighted by Gasteiger charge is 2.25. The Morgan fingerprint density at radius 1 is 1.31 bits per heavy atom. The van der Waals surface area contributed by atoms with Gasteiger partial charge in [0.2, 0.25) is 5.91 Å². The molecule has 2 aromatic rings. The minimum Gasteiger partial charge on any atom is -0.376 e. The molecule has 26 heavy (non-hydrogen) atoms. The number of amides is 2. The van der Waals surface area contributed by atoms with E-state index in [9.17, 15) is 9.59 Å². The molecule has 138 valence electrons. The van der Waals surface area contributed by atoms with E-state index in [-0.39, 0.29) is 24.5 Å². The van der Waals surface area contributed by atoms with Crippen LogP contribution in [-0.2, 0) is 9.53 Å². The van der Waals surface area contributed by atoms with Crippen molar-refractivity contribution in [1.29, 1.82) is 0 Å². The van der Waals surface area contributed by atoms with Crippen LogP contribution in [0.1, 0.15) is 34.3 Å². The molecule has 5 nitrogen and oxygen atoms in total. The van der Waals surface area contributed by atoms with Crippen LogP contribution in [0.5, 0.6) is 0 Å². The third-order valence-electron chi connectivity index (χ3n) is 4.72. The maximum Gasteiger partial charge on any atom is 0.255 e. The molecule has 1 atom stereocenters. The van der Waals surface area contributed by atoms with Gasteiger partial charge < -0.3 is 15.0 Å². The van der Waals surface area contributed by atoms with Gasteiger partial charge in [-0.05, 0) is 55.3 Å². The maximum atomic E-state index is 12.8. The van der Waals surface area contributed by atoms with Crippen LogP contribution in [0, 0.1) is 13.8 Å². The van der Waals surface area contributed by atoms with Crippen LogP contribution in [0.2, 0.25) is 0 Å². The highest BCUT2D eigenvalue weighted by atomic mass is 32.1. The van der Waals surface area contributed by atoms with Gasteiger partial charge in [-0.25, -0.2) is 0 Å². The van der Waals surface area contributed by atoms with Gasteiger partial charge in [0.15, 0.2) is 0 Å². The Labute approximate surface area is 158 Å². The van der Waals surface area contributed by atoms with Crippen molar-refractivity contribution in [2.45, 2.75) is 32.8 Å². The Hall–Kier alpha value is -2.18. The van der Waals surface area contributed by atoms with Crippen LogP contribution < -0.4 is 5.32 Å². The summed E-state index contributed by atoms with van der Waals surface area (Å²) in [5.74, 6) is -0.321. The summed E-state index contributed by atoms with van der Waals surface area (Å²) in [5, 5.41) is 6.62. The number of nitrogens with one attached hydrogen (secondary N) is 1. The lowest BCUT2D eigenvalue weighted by molar-refractivity contribution is -0.117. The number of aryl methyl sites for hydroxylation is 1. The van der Waals surface area contributed by atoms with Crippen molar-refractivity contribution in [3.05, 3.63) is 51.7 Å². The Bertz CT molecular complexity index is 767. The largest absolute Gasteiger partial charge is 0.376 e. The summed E-state index contributed by atoms with van der Waals surface area (Å²) in [6.07, 6.45) is 1.93. The first kappa shape index (κ1) is 18.6. The van der Waals surface area contributed by atoms with Gasteiger partial charge in [0.1, 0.15) is 6.54 Å². The zero-order valence-electron chi connectivity index (χ0n) is 15.2. The molecule has 1 saturated heterocycles. The second-order valence-electron chi connectivity index (χ2n) is 6.63. The van der Waals surface area contributed by atoms with Gasteiger partial charge in [-0.1, -0.05) is 12.1 Å². The van der Waals surface area contributed by atoms with E-state index in [4.69, 9.17) is 4.74 Å². The number of nitrogens with zero attached hydrogens (tertiary/aromatic N) is 1. The van der Waals surface area contributed by atoms with E-state index in [1.54, 1.807) is 11.0 Å². The van der Waals surface area contributed by atoms with E-state index in [2.05, 4.69) is 5.32 Å². The topological polar surface area (TPSA) is 58.6 Å². The number of carbonyl (C=O) groups excluding carboxylic acids is 2. The fraction of sp³-hybridized carbons (Fsp3) is 0.400. The summed E-state index contributed by atoms with van der Waals surface area (Å²) >= 11 is 1.47. The second-order valence-corrected chi connectivity index (χ2v) is 7.41. The zero-order chi connectivity index (χ0) is 18.5. The van der Waals surface area contributed by atoms with E-state index >= 15 is 0 Å². The zero-order valence-corrected chi connectivity index (χ0v) is 16.0. The number of hydrogen-bond acceptors (Lipinski definition) is 4. The van der Waals surface area contributed by atoms with Crippen molar-refractivity contribution < 1.29 is 14.3 Å². The van der Waals surface area contributed by atoms with E-state index < -0.39 is 0 Å². The molecule has 1 aromatic heterocycles. The predicted octanol–water partition coefficient (Wildman–Crippen LogP) is 3.62. The van der Waals surface area contributed by atoms with Gasteiger partial charge in [0, 0.05) is 24.2 Å². The van der Waals surface area contributed by atoms with Gasteiger partial charge in [0.05, 0.1) is 11.7 Å². The normalized spacial score (nSPS) is 16.5. The number of ether oxygens (including phenoxy) is 1. The lowest BCUT2D eigenvalue weighted by Gasteiger charge is -2.25. The van der Waals surface area contributed by atoms with Gasteiger partial charge in [-0.3, -0.25) is 9.59 Å². The van der Waals surface area contributed by atoms with E-state index in [1.165, 1.54) is 11.3 Å². The molecule has 3 rings (SSSR count). The van der Waals surface area contributed by atoms with E-state index in [0.717, 1.165) is 36.3 Å². The minimum atomic E-state index is -0.194. The number of hydrogen-bond donors (Lipinski definition) is 1. The number of benzene rings is 1. The van der Waals surface area contributed by atoms with Gasteiger partial charge in [-0.2, -0.15) is 11.3 Å². The number of anilines is 1. The van der Waals surface area contributed by atoms with Crippen molar-refractivity contribution in [2.75, 3.05) is 25.0 Å². The fourth-order valence-electron chi connectivity index (χ4n) is 3.07. The fourth-order valence-corrected chi connectivity index (χ4v) is 3.70. The molecule has 2 amide bonds. The molecule has 0 radical (unpaired) electrons. The van der Waals surface area contributed by atoms with E-state index in [1.807, 2.05) is 42.8 Å². The molecule has 0 saturated carbocycles. The lowest BCUT2D eigenvalue weighted by Crippen LogP contribution is -2.42. The first-order valence-electron chi connectivity index (χ1n) is 8.83. The Morgan fingerprint density at radius 3 is 2.85 bits per heavy atom. The lowest BCUT2D eigenvalue weighted by atomic mass is 10.1. The third kappa shape index (κ3) is 4.51. The molecule has 0 bridgehead atoms. The van der Waals surface area contributed by atoms with Crippen molar-refractivity contribution in [3.63, 3.8) is 0 Å². The summed E-state index contributed by atoms with van der Waals surface area (Å²) in [4.78, 5) is 27.0. The van der Waals surface area contributed by atoms with Gasteiger partial charge in [0.25, 0.3) is 5.91 Å². The average molecular weight is 372 g/mol. The van der Waals surface area contributed by atoms with E-state index in [0.29, 0.717) is 12.1 Å². The number of rotatable bonds is 6. The highest BCUT2D eigenvalue weighted by molar-refractivity contribution is 7.08. The van der Waals surface area contributed by atoms with Crippen molar-refractivity contribution in [2.24, 2.45) is 0 Å². The molecule has 6 heteroatoms. The molecule has 1 aliphatic rings. The molecule has 1 fully saturated rings. The van der Waals surface area contributed by atoms with Crippen LogP contribution in [0.25, 0.3) is 0 Å². The van der Waals surface area contributed by atoms with Crippen LogP contribution in [0.3, 0.4) is 0 Å². The number of carbonyl (C=O) groups is 2. The number of thiophene rings is 1. The first-order chi connectivity index (χ1) is 12.5. The molecular weight excluding hydrogens is 348 g/mol. The van der Waals surface area contributed by atoms with Crippen molar-refractivity contribution in [1.82, 2.24) is 4.90 Å². The molecule has 1 aliphatic heterocycles. The quantitative estimate of drug-likeness (QED) is 0.842. The molecule has 0 aliphatic carbocycles. The molecule has 0 unspecified atom stereocenters. The summed E-state index contributed by atoms with van der Waals surface area (Å²) in [7, 11) is 0. The summed E-state index contributed by atoms with van der Waals surface area (Å²) in [6.45, 7) is 5.16. The molecule has 1 N–H and O–H groups in total. The summed E-state index contributed by atoms with van der Waals surface area (Å²) in [5.41, 5.74) is 3.56. The molecular formula is C20H24N2O3S. The van der Waals surface area contributed by atoms with Crippen LogP contribution >= 0.6 is 11.3 Å². The Balaban J connectivity index is 1.70. The van der Waals surface area contributed by atoms with Crippen molar-refractivity contribution >= 4 is 28.8 Å². The summed E-state index contributed by atoms with van der Waals surface area (Å²) in [6, 6.07) is 7.59. The average Bonchev–Trinajstić information content (AvgIpc) is 3.31. The third-order valence-corrected chi connectivity index (χ3v) is 5.40. The summed E-state index contributed by atoms with van der Waals surface area (Å²) < 4.78 is 5.66. The monoisotopic (exact) mass is 372 g/mol. The standard InChI is InChI=1S/C20H24N2O3S/c1-14-5-3-7-18(15(14)2)21-19(23)12-22(11-17-6-4-9-25-17)20(24)16-8-10-26-13-16/h3,5,7-8,10,13,17H,4,6,9,11-12H2,1-2H3,(H,21,23)/t17-/m1/s1. The maximum absolute atomic E-state index is 12.8. The molecule has 1 aromatic carbocycles.